The predicted molar refractivity (Wildman–Crippen MR) is 104 cm³/mol. The van der Waals surface area contributed by atoms with Crippen LogP contribution in [-0.4, -0.2) is 32.2 Å². The number of hydrogen-bond acceptors (Lipinski definition) is 6. The summed E-state index contributed by atoms with van der Waals surface area (Å²) in [4.78, 5) is 4.89. The Balaban J connectivity index is 1.78. The quantitative estimate of drug-likeness (QED) is 0.548. The lowest BCUT2D eigenvalue weighted by molar-refractivity contribution is -0.274. The van der Waals surface area contributed by atoms with E-state index < -0.39 is 22.1 Å². The molecule has 11 heteroatoms. The highest BCUT2D eigenvalue weighted by Crippen LogP contribution is 2.31. The number of nitriles is 1. The molecule has 0 bridgehead atoms. The van der Waals surface area contributed by atoms with Gasteiger partial charge in [-0.05, 0) is 54.8 Å². The standard InChI is InChI=1S/C20H18F3N3O4S/c21-20(22,23)29-16-5-7-17(8-6-16)31(27,28)26-11-9-14(10-12-26)19(30-25)18-4-2-1-3-15(18)13-24/h1-8H,9-12,25H2. The van der Waals surface area contributed by atoms with Crippen molar-refractivity contribution in [1.82, 2.24) is 4.31 Å². The number of alkyl halides is 3. The van der Waals surface area contributed by atoms with Crippen LogP contribution in [0.5, 0.6) is 5.75 Å². The van der Waals surface area contributed by atoms with E-state index >= 15 is 0 Å². The average molecular weight is 453 g/mol. The van der Waals surface area contributed by atoms with Crippen LogP contribution in [0.3, 0.4) is 0 Å². The minimum absolute atomic E-state index is 0.125. The zero-order valence-corrected chi connectivity index (χ0v) is 16.9. The molecule has 0 aliphatic carbocycles. The first-order valence-corrected chi connectivity index (χ1v) is 10.5. The zero-order chi connectivity index (χ0) is 22.6. The second-order valence-corrected chi connectivity index (χ2v) is 8.57. The minimum Gasteiger partial charge on any atom is -0.411 e. The van der Waals surface area contributed by atoms with Crippen LogP contribution in [0.1, 0.15) is 24.0 Å². The van der Waals surface area contributed by atoms with Gasteiger partial charge in [0.05, 0.1) is 16.5 Å². The normalized spacial score (nSPS) is 15.3. The molecular weight excluding hydrogens is 435 g/mol. The lowest BCUT2D eigenvalue weighted by Crippen LogP contribution is -2.36. The summed E-state index contributed by atoms with van der Waals surface area (Å²) in [5.74, 6) is 5.27. The second-order valence-electron chi connectivity index (χ2n) is 6.63. The van der Waals surface area contributed by atoms with Gasteiger partial charge in [-0.3, -0.25) is 0 Å². The van der Waals surface area contributed by atoms with Gasteiger partial charge in [-0.1, -0.05) is 12.1 Å². The Labute approximate surface area is 177 Å². The zero-order valence-electron chi connectivity index (χ0n) is 16.1. The first-order chi connectivity index (χ1) is 14.7. The average Bonchev–Trinajstić information content (AvgIpc) is 2.74. The first-order valence-electron chi connectivity index (χ1n) is 9.10. The van der Waals surface area contributed by atoms with E-state index in [-0.39, 0.29) is 18.0 Å². The van der Waals surface area contributed by atoms with Gasteiger partial charge in [0, 0.05) is 18.7 Å². The molecule has 1 heterocycles. The van der Waals surface area contributed by atoms with Crippen LogP contribution >= 0.6 is 0 Å². The van der Waals surface area contributed by atoms with E-state index in [1.165, 1.54) is 4.31 Å². The van der Waals surface area contributed by atoms with Crippen molar-refractivity contribution in [3.8, 4) is 11.8 Å². The smallest absolute Gasteiger partial charge is 0.411 e. The summed E-state index contributed by atoms with van der Waals surface area (Å²) < 4.78 is 67.5. The monoisotopic (exact) mass is 453 g/mol. The summed E-state index contributed by atoms with van der Waals surface area (Å²) in [5, 5.41) is 9.29. The van der Waals surface area contributed by atoms with E-state index in [1.807, 2.05) is 0 Å². The van der Waals surface area contributed by atoms with Crippen molar-refractivity contribution in [2.75, 3.05) is 13.1 Å². The molecule has 2 N–H and O–H groups in total. The Morgan fingerprint density at radius 3 is 2.23 bits per heavy atom. The second kappa shape index (κ2) is 8.97. The van der Waals surface area contributed by atoms with E-state index in [2.05, 4.69) is 10.8 Å². The van der Waals surface area contributed by atoms with Gasteiger partial charge in [0.25, 0.3) is 0 Å². The number of nitrogens with zero attached hydrogens (tertiary/aromatic N) is 2. The van der Waals surface area contributed by atoms with Gasteiger partial charge in [0.2, 0.25) is 10.0 Å². The molecule has 1 aliphatic heterocycles. The molecule has 0 radical (unpaired) electrons. The molecular formula is C20H18F3N3O4S. The third-order valence-electron chi connectivity index (χ3n) is 4.75. The lowest BCUT2D eigenvalue weighted by Gasteiger charge is -2.28. The summed E-state index contributed by atoms with van der Waals surface area (Å²) in [6.07, 6.45) is -4.22. The highest BCUT2D eigenvalue weighted by atomic mass is 32.2. The van der Waals surface area contributed by atoms with Gasteiger partial charge in [0.15, 0.2) is 5.76 Å². The Morgan fingerprint density at radius 1 is 1.06 bits per heavy atom. The van der Waals surface area contributed by atoms with E-state index in [0.29, 0.717) is 29.7 Å². The summed E-state index contributed by atoms with van der Waals surface area (Å²) in [6, 6.07) is 12.9. The Kier molecular flexibility index (Phi) is 6.54. The fourth-order valence-corrected chi connectivity index (χ4v) is 4.74. The van der Waals surface area contributed by atoms with Gasteiger partial charge in [-0.2, -0.15) is 15.5 Å². The van der Waals surface area contributed by atoms with Crippen LogP contribution in [0.25, 0.3) is 5.76 Å². The number of rotatable bonds is 5. The van der Waals surface area contributed by atoms with Crippen molar-refractivity contribution in [2.24, 2.45) is 5.90 Å². The Hall–Kier alpha value is -3.07. The molecule has 0 atom stereocenters. The highest BCUT2D eigenvalue weighted by Gasteiger charge is 2.32. The molecule has 164 valence electrons. The highest BCUT2D eigenvalue weighted by molar-refractivity contribution is 7.89. The van der Waals surface area contributed by atoms with Crippen molar-refractivity contribution < 1.29 is 31.2 Å². The van der Waals surface area contributed by atoms with Crippen molar-refractivity contribution in [3.63, 3.8) is 0 Å². The molecule has 2 aromatic rings. The number of nitrogens with two attached hydrogens (primary N) is 1. The van der Waals surface area contributed by atoms with Gasteiger partial charge in [-0.25, -0.2) is 8.42 Å². The molecule has 0 aromatic heterocycles. The fourth-order valence-electron chi connectivity index (χ4n) is 3.30. The molecule has 0 amide bonds. The van der Waals surface area contributed by atoms with Crippen LogP contribution in [0, 0.1) is 11.3 Å². The molecule has 0 unspecified atom stereocenters. The van der Waals surface area contributed by atoms with Crippen LogP contribution in [0.15, 0.2) is 59.0 Å². The van der Waals surface area contributed by atoms with Crippen LogP contribution in [0.4, 0.5) is 13.2 Å². The predicted octanol–water partition coefficient (Wildman–Crippen LogP) is 3.54. The molecule has 2 aromatic carbocycles. The van der Waals surface area contributed by atoms with Crippen LogP contribution in [-0.2, 0) is 14.9 Å². The maximum Gasteiger partial charge on any atom is 0.573 e. The topological polar surface area (TPSA) is 106 Å². The van der Waals surface area contributed by atoms with Gasteiger partial charge < -0.3 is 9.57 Å². The molecule has 1 aliphatic rings. The molecule has 0 spiro atoms. The summed E-state index contributed by atoms with van der Waals surface area (Å²) in [5.41, 5.74) is 1.68. The molecule has 1 fully saturated rings. The van der Waals surface area contributed by atoms with Gasteiger partial charge in [0.1, 0.15) is 5.75 Å². The number of sulfonamides is 1. The van der Waals surface area contributed by atoms with Crippen molar-refractivity contribution >= 4 is 15.8 Å². The Morgan fingerprint density at radius 2 is 1.68 bits per heavy atom. The number of halogens is 3. The van der Waals surface area contributed by atoms with E-state index in [4.69, 9.17) is 10.7 Å². The minimum atomic E-state index is -4.86. The van der Waals surface area contributed by atoms with Gasteiger partial charge >= 0.3 is 6.36 Å². The SMILES string of the molecule is N#Cc1ccccc1C(ON)=C1CCN(S(=O)(=O)c2ccc(OC(F)(F)F)cc2)CC1. The maximum atomic E-state index is 12.8. The largest absolute Gasteiger partial charge is 0.573 e. The molecule has 7 nitrogen and oxygen atoms in total. The van der Waals surface area contributed by atoms with E-state index in [9.17, 15) is 26.9 Å². The number of hydrogen-bond donors (Lipinski definition) is 1. The maximum absolute atomic E-state index is 12.8. The molecule has 1 saturated heterocycles. The third-order valence-corrected chi connectivity index (χ3v) is 6.67. The lowest BCUT2D eigenvalue weighted by atomic mass is 9.97. The van der Waals surface area contributed by atoms with Gasteiger partial charge in [-0.15, -0.1) is 13.2 Å². The Bertz CT molecular complexity index is 1110. The summed E-state index contributed by atoms with van der Waals surface area (Å²) in [6.45, 7) is 0.250. The molecule has 0 saturated carbocycles. The molecule has 31 heavy (non-hydrogen) atoms. The van der Waals surface area contributed by atoms with Crippen molar-refractivity contribution in [3.05, 3.63) is 65.2 Å². The third kappa shape index (κ3) is 5.16. The summed E-state index contributed by atoms with van der Waals surface area (Å²) in [7, 11) is -3.91. The molecule has 3 rings (SSSR count). The van der Waals surface area contributed by atoms with Crippen molar-refractivity contribution in [1.29, 1.82) is 5.26 Å². The van der Waals surface area contributed by atoms with E-state index in [1.54, 1.807) is 24.3 Å². The van der Waals surface area contributed by atoms with Crippen LogP contribution < -0.4 is 10.6 Å². The van der Waals surface area contributed by atoms with E-state index in [0.717, 1.165) is 29.8 Å². The van der Waals surface area contributed by atoms with Crippen LogP contribution in [0.2, 0.25) is 0 Å². The van der Waals surface area contributed by atoms with Crippen molar-refractivity contribution in [2.45, 2.75) is 24.1 Å². The summed E-state index contributed by atoms with van der Waals surface area (Å²) >= 11 is 0. The number of ether oxygens (including phenoxy) is 1. The number of benzene rings is 2. The first kappa shape index (κ1) is 22.6. The fraction of sp³-hybridized carbons (Fsp3) is 0.250. The number of piperidine rings is 1.